The molecule has 1 N–H and O–H groups in total. The summed E-state index contributed by atoms with van der Waals surface area (Å²) in [6.07, 6.45) is 0.767. The molecule has 6 nitrogen and oxygen atoms in total. The molecule has 1 heterocycles. The van der Waals surface area contributed by atoms with Crippen LogP contribution in [-0.2, 0) is 22.6 Å². The molecule has 1 aromatic heterocycles. The standard InChI is InChI=1S/C21H22F2N4O2S/c1-3-14-8-4-5-9-15(14)24-18(28)12-26(2)19(29)13-27-17-11-7-6-10-16(17)25-21(27)30-20(22)23/h4-11,20H,3,12-13H2,1-2H3,(H,24,28). The summed E-state index contributed by atoms with van der Waals surface area (Å²) in [5.41, 5.74) is 2.83. The first-order valence-corrected chi connectivity index (χ1v) is 10.3. The van der Waals surface area contributed by atoms with Gasteiger partial charge in [-0.05, 0) is 41.9 Å². The number of para-hydroxylation sites is 3. The van der Waals surface area contributed by atoms with Crippen LogP contribution in [0.1, 0.15) is 12.5 Å². The van der Waals surface area contributed by atoms with E-state index in [0.29, 0.717) is 28.5 Å². The fraction of sp³-hybridized carbons (Fsp3) is 0.286. The van der Waals surface area contributed by atoms with Crippen molar-refractivity contribution < 1.29 is 18.4 Å². The lowest BCUT2D eigenvalue weighted by Crippen LogP contribution is -2.37. The van der Waals surface area contributed by atoms with Gasteiger partial charge in [-0.3, -0.25) is 9.59 Å². The predicted molar refractivity (Wildman–Crippen MR) is 114 cm³/mol. The van der Waals surface area contributed by atoms with Gasteiger partial charge in [0.2, 0.25) is 11.8 Å². The molecule has 30 heavy (non-hydrogen) atoms. The van der Waals surface area contributed by atoms with Gasteiger partial charge in [-0.25, -0.2) is 4.98 Å². The third-order valence-corrected chi connectivity index (χ3v) is 5.29. The Hall–Kier alpha value is -2.94. The van der Waals surface area contributed by atoms with Gasteiger partial charge < -0.3 is 14.8 Å². The SMILES string of the molecule is CCc1ccccc1NC(=O)CN(C)C(=O)Cn1c(SC(F)F)nc2ccccc21. The minimum atomic E-state index is -2.65. The highest BCUT2D eigenvalue weighted by atomic mass is 32.2. The molecule has 3 aromatic rings. The Morgan fingerprint density at radius 3 is 2.60 bits per heavy atom. The molecule has 0 aliphatic rings. The molecule has 0 aliphatic carbocycles. The fourth-order valence-corrected chi connectivity index (χ4v) is 3.68. The Bertz CT molecular complexity index is 1050. The molecule has 0 fully saturated rings. The first-order chi connectivity index (χ1) is 14.4. The Morgan fingerprint density at radius 1 is 1.17 bits per heavy atom. The molecule has 0 radical (unpaired) electrons. The van der Waals surface area contributed by atoms with Crippen LogP contribution in [-0.4, -0.2) is 45.6 Å². The number of likely N-dealkylation sites (N-methyl/N-ethyl adjacent to an activating group) is 1. The van der Waals surface area contributed by atoms with Crippen LogP contribution in [0.4, 0.5) is 14.5 Å². The number of rotatable bonds is 8. The number of hydrogen-bond acceptors (Lipinski definition) is 4. The molecule has 3 rings (SSSR count). The molecule has 0 unspecified atom stereocenters. The van der Waals surface area contributed by atoms with Crippen LogP contribution in [0.25, 0.3) is 11.0 Å². The second-order valence-corrected chi connectivity index (χ2v) is 7.61. The maximum absolute atomic E-state index is 12.9. The van der Waals surface area contributed by atoms with Gasteiger partial charge in [-0.1, -0.05) is 37.3 Å². The van der Waals surface area contributed by atoms with E-state index in [4.69, 9.17) is 0 Å². The van der Waals surface area contributed by atoms with Crippen molar-refractivity contribution in [2.24, 2.45) is 0 Å². The number of carbonyl (C=O) groups is 2. The number of imidazole rings is 1. The van der Waals surface area contributed by atoms with E-state index in [0.717, 1.165) is 12.0 Å². The summed E-state index contributed by atoms with van der Waals surface area (Å²) in [7, 11) is 1.51. The normalized spacial score (nSPS) is 11.1. The van der Waals surface area contributed by atoms with Gasteiger partial charge in [-0.2, -0.15) is 8.78 Å². The molecular formula is C21H22F2N4O2S. The summed E-state index contributed by atoms with van der Waals surface area (Å²) in [4.78, 5) is 30.6. The predicted octanol–water partition coefficient (Wildman–Crippen LogP) is 4.01. The molecule has 0 saturated carbocycles. The minimum absolute atomic E-state index is 0.0641. The van der Waals surface area contributed by atoms with E-state index in [1.54, 1.807) is 24.3 Å². The fourth-order valence-electron chi connectivity index (χ4n) is 3.08. The van der Waals surface area contributed by atoms with Crippen LogP contribution in [0.15, 0.2) is 53.7 Å². The van der Waals surface area contributed by atoms with Crippen molar-refractivity contribution in [1.82, 2.24) is 14.5 Å². The number of fused-ring (bicyclic) bond motifs is 1. The smallest absolute Gasteiger partial charge is 0.291 e. The number of nitrogens with one attached hydrogen (secondary N) is 1. The Kier molecular flexibility index (Phi) is 7.04. The van der Waals surface area contributed by atoms with Gasteiger partial charge in [-0.15, -0.1) is 0 Å². The van der Waals surface area contributed by atoms with Crippen LogP contribution in [0, 0.1) is 0 Å². The van der Waals surface area contributed by atoms with Crippen molar-refractivity contribution in [3.8, 4) is 0 Å². The summed E-state index contributed by atoms with van der Waals surface area (Å²) < 4.78 is 27.3. The van der Waals surface area contributed by atoms with Crippen molar-refractivity contribution in [1.29, 1.82) is 0 Å². The van der Waals surface area contributed by atoms with E-state index in [1.807, 2.05) is 31.2 Å². The molecule has 0 aliphatic heterocycles. The number of thioether (sulfide) groups is 1. The van der Waals surface area contributed by atoms with Gasteiger partial charge in [0.25, 0.3) is 5.76 Å². The topological polar surface area (TPSA) is 67.2 Å². The Morgan fingerprint density at radius 2 is 1.87 bits per heavy atom. The highest BCUT2D eigenvalue weighted by Gasteiger charge is 2.20. The number of hydrogen-bond donors (Lipinski definition) is 1. The van der Waals surface area contributed by atoms with E-state index in [2.05, 4.69) is 10.3 Å². The van der Waals surface area contributed by atoms with Gasteiger partial charge in [0, 0.05) is 12.7 Å². The molecule has 0 saturated heterocycles. The summed E-state index contributed by atoms with van der Waals surface area (Å²) in [5.74, 6) is -3.37. The average Bonchev–Trinajstić information content (AvgIpc) is 3.04. The zero-order valence-electron chi connectivity index (χ0n) is 16.6. The minimum Gasteiger partial charge on any atom is -0.335 e. The van der Waals surface area contributed by atoms with Crippen LogP contribution in [0.5, 0.6) is 0 Å². The lowest BCUT2D eigenvalue weighted by atomic mass is 10.1. The van der Waals surface area contributed by atoms with Crippen molar-refractivity contribution >= 4 is 40.3 Å². The monoisotopic (exact) mass is 432 g/mol. The van der Waals surface area contributed by atoms with Gasteiger partial charge in [0.1, 0.15) is 6.54 Å². The van der Waals surface area contributed by atoms with Gasteiger partial charge >= 0.3 is 0 Å². The Balaban J connectivity index is 1.70. The van der Waals surface area contributed by atoms with E-state index in [9.17, 15) is 18.4 Å². The molecule has 0 bridgehead atoms. The van der Waals surface area contributed by atoms with Gasteiger partial charge in [0.15, 0.2) is 5.16 Å². The zero-order chi connectivity index (χ0) is 21.7. The highest BCUT2D eigenvalue weighted by molar-refractivity contribution is 7.99. The maximum Gasteiger partial charge on any atom is 0.291 e. The summed E-state index contributed by atoms with van der Waals surface area (Å²) in [6.45, 7) is 1.65. The van der Waals surface area contributed by atoms with E-state index in [1.165, 1.54) is 16.5 Å². The number of aryl methyl sites for hydroxylation is 1. The number of halogens is 2. The van der Waals surface area contributed by atoms with Crippen molar-refractivity contribution in [2.75, 3.05) is 18.9 Å². The second-order valence-electron chi connectivity index (χ2n) is 6.66. The Labute approximate surface area is 177 Å². The van der Waals surface area contributed by atoms with E-state index < -0.39 is 5.76 Å². The number of amides is 2. The number of anilines is 1. The van der Waals surface area contributed by atoms with E-state index >= 15 is 0 Å². The number of carbonyl (C=O) groups excluding carboxylic acids is 2. The van der Waals surface area contributed by atoms with Crippen molar-refractivity contribution in [2.45, 2.75) is 30.8 Å². The highest BCUT2D eigenvalue weighted by Crippen LogP contribution is 2.28. The van der Waals surface area contributed by atoms with Crippen molar-refractivity contribution in [3.63, 3.8) is 0 Å². The number of aromatic nitrogens is 2. The first-order valence-electron chi connectivity index (χ1n) is 9.40. The zero-order valence-corrected chi connectivity index (χ0v) is 17.5. The quantitative estimate of drug-likeness (QED) is 0.546. The molecule has 0 atom stereocenters. The summed E-state index contributed by atoms with van der Waals surface area (Å²) in [6, 6.07) is 14.4. The molecule has 158 valence electrons. The van der Waals surface area contributed by atoms with E-state index in [-0.39, 0.29) is 30.1 Å². The summed E-state index contributed by atoms with van der Waals surface area (Å²) >= 11 is 0.293. The average molecular weight is 432 g/mol. The third-order valence-electron chi connectivity index (χ3n) is 4.59. The lowest BCUT2D eigenvalue weighted by Gasteiger charge is -2.19. The molecular weight excluding hydrogens is 410 g/mol. The molecule has 0 spiro atoms. The lowest BCUT2D eigenvalue weighted by molar-refractivity contribution is -0.133. The largest absolute Gasteiger partial charge is 0.335 e. The maximum atomic E-state index is 12.9. The number of nitrogens with zero attached hydrogens (tertiary/aromatic N) is 3. The number of alkyl halides is 2. The van der Waals surface area contributed by atoms with Crippen molar-refractivity contribution in [3.05, 3.63) is 54.1 Å². The third kappa shape index (κ3) is 5.15. The van der Waals surface area contributed by atoms with Gasteiger partial charge in [0.05, 0.1) is 17.6 Å². The van der Waals surface area contributed by atoms with Crippen LogP contribution < -0.4 is 5.32 Å². The van der Waals surface area contributed by atoms with Crippen LogP contribution >= 0.6 is 11.8 Å². The van der Waals surface area contributed by atoms with Crippen LogP contribution in [0.3, 0.4) is 0 Å². The molecule has 9 heteroatoms. The second kappa shape index (κ2) is 9.71. The molecule has 2 aromatic carbocycles. The van der Waals surface area contributed by atoms with Crippen LogP contribution in [0.2, 0.25) is 0 Å². The summed E-state index contributed by atoms with van der Waals surface area (Å²) in [5, 5.41) is 2.88. The molecule has 2 amide bonds. The number of benzene rings is 2. The first kappa shape index (κ1) is 21.8.